The highest BCUT2D eigenvalue weighted by molar-refractivity contribution is 5.66. The molecule has 2 aliphatic carbocycles. The molecule has 2 fully saturated rings. The maximum Gasteiger partial charge on any atom is 0.302 e. The number of ether oxygens (including phenoxy) is 3. The van der Waals surface area contributed by atoms with Crippen LogP contribution in [0.15, 0.2) is 11.6 Å². The fraction of sp³-hybridized carbons (Fsp3) is 0.850. The lowest BCUT2D eigenvalue weighted by Gasteiger charge is -2.43. The molecule has 0 amide bonds. The number of allylic oxidation sites excluding steroid dienone is 1. The molecule has 1 saturated heterocycles. The van der Waals surface area contributed by atoms with E-state index in [4.69, 9.17) is 14.2 Å². The Kier molecular flexibility index (Phi) is 4.16. The van der Waals surface area contributed by atoms with Crippen molar-refractivity contribution in [1.29, 1.82) is 0 Å². The summed E-state index contributed by atoms with van der Waals surface area (Å²) in [6.07, 6.45) is 7.57. The molecule has 1 saturated carbocycles. The second-order valence-electron chi connectivity index (χ2n) is 8.93. The van der Waals surface area contributed by atoms with E-state index in [2.05, 4.69) is 26.8 Å². The number of esters is 1. The van der Waals surface area contributed by atoms with Crippen LogP contribution in [0.4, 0.5) is 0 Å². The van der Waals surface area contributed by atoms with Crippen molar-refractivity contribution in [3.05, 3.63) is 11.6 Å². The van der Waals surface area contributed by atoms with E-state index in [1.54, 1.807) is 0 Å². The van der Waals surface area contributed by atoms with Crippen LogP contribution in [0, 0.1) is 11.3 Å². The normalized spacial score (nSPS) is 40.1. The maximum absolute atomic E-state index is 11.3. The first kappa shape index (κ1) is 17.9. The van der Waals surface area contributed by atoms with Gasteiger partial charge in [0.2, 0.25) is 0 Å². The van der Waals surface area contributed by atoms with Crippen LogP contribution in [-0.4, -0.2) is 29.6 Å². The molecule has 3 atom stereocenters. The molecule has 136 valence electrons. The average Bonchev–Trinajstić information content (AvgIpc) is 2.88. The van der Waals surface area contributed by atoms with Gasteiger partial charge < -0.3 is 14.2 Å². The van der Waals surface area contributed by atoms with E-state index in [-0.39, 0.29) is 22.6 Å². The summed E-state index contributed by atoms with van der Waals surface area (Å²) in [4.78, 5) is 11.3. The zero-order valence-electron chi connectivity index (χ0n) is 16.0. The van der Waals surface area contributed by atoms with Crippen LogP contribution in [0.2, 0.25) is 0 Å². The van der Waals surface area contributed by atoms with E-state index in [1.807, 2.05) is 13.8 Å². The van der Waals surface area contributed by atoms with Gasteiger partial charge in [0.05, 0.1) is 5.60 Å². The van der Waals surface area contributed by atoms with Gasteiger partial charge in [-0.3, -0.25) is 4.79 Å². The van der Waals surface area contributed by atoms with Crippen molar-refractivity contribution in [3.63, 3.8) is 0 Å². The number of hydrogen-bond acceptors (Lipinski definition) is 4. The molecule has 0 radical (unpaired) electrons. The fourth-order valence-corrected chi connectivity index (χ4v) is 5.41. The number of carbonyl (C=O) groups is 1. The molecule has 0 aromatic carbocycles. The van der Waals surface area contributed by atoms with Gasteiger partial charge in [-0.2, -0.15) is 0 Å². The van der Waals surface area contributed by atoms with Crippen LogP contribution >= 0.6 is 0 Å². The Labute approximate surface area is 145 Å². The molecule has 1 heterocycles. The smallest absolute Gasteiger partial charge is 0.302 e. The van der Waals surface area contributed by atoms with Gasteiger partial charge in [-0.05, 0) is 71.3 Å². The molecule has 4 nitrogen and oxygen atoms in total. The number of carbonyl (C=O) groups excluding carboxylic acids is 1. The minimum absolute atomic E-state index is 0.0642. The van der Waals surface area contributed by atoms with E-state index in [9.17, 15) is 4.79 Å². The van der Waals surface area contributed by atoms with Crippen LogP contribution < -0.4 is 0 Å². The van der Waals surface area contributed by atoms with Gasteiger partial charge in [0.1, 0.15) is 12.2 Å². The molecule has 0 aromatic rings. The minimum atomic E-state index is -0.549. The zero-order valence-corrected chi connectivity index (χ0v) is 16.0. The third-order valence-corrected chi connectivity index (χ3v) is 6.62. The van der Waals surface area contributed by atoms with Crippen molar-refractivity contribution in [2.75, 3.05) is 6.61 Å². The predicted molar refractivity (Wildman–Crippen MR) is 92.5 cm³/mol. The molecular formula is C20H32O4. The molecule has 0 aromatic heterocycles. The Morgan fingerprint density at radius 3 is 2.54 bits per heavy atom. The van der Waals surface area contributed by atoms with Crippen molar-refractivity contribution in [1.82, 2.24) is 0 Å². The Morgan fingerprint density at radius 2 is 1.96 bits per heavy atom. The van der Waals surface area contributed by atoms with Crippen molar-refractivity contribution < 1.29 is 19.0 Å². The zero-order chi connectivity index (χ0) is 17.8. The second-order valence-corrected chi connectivity index (χ2v) is 8.93. The highest BCUT2D eigenvalue weighted by Gasteiger charge is 2.65. The quantitative estimate of drug-likeness (QED) is 0.554. The lowest BCUT2D eigenvalue weighted by molar-refractivity contribution is -0.167. The number of rotatable bonds is 2. The summed E-state index contributed by atoms with van der Waals surface area (Å²) < 4.78 is 18.1. The van der Waals surface area contributed by atoms with Crippen molar-refractivity contribution in [2.24, 2.45) is 11.3 Å². The highest BCUT2D eigenvalue weighted by atomic mass is 16.8. The van der Waals surface area contributed by atoms with E-state index in [0.717, 1.165) is 25.7 Å². The first-order valence-corrected chi connectivity index (χ1v) is 9.25. The van der Waals surface area contributed by atoms with Gasteiger partial charge in [0.25, 0.3) is 0 Å². The molecule has 0 unspecified atom stereocenters. The summed E-state index contributed by atoms with van der Waals surface area (Å²) >= 11 is 0. The Balaban J connectivity index is 1.91. The van der Waals surface area contributed by atoms with Gasteiger partial charge >= 0.3 is 5.97 Å². The third-order valence-electron chi connectivity index (χ3n) is 6.62. The Bertz CT molecular complexity index is 562. The first-order chi connectivity index (χ1) is 11.0. The maximum atomic E-state index is 11.3. The monoisotopic (exact) mass is 336 g/mol. The van der Waals surface area contributed by atoms with Crippen LogP contribution in [0.25, 0.3) is 0 Å². The third kappa shape index (κ3) is 2.72. The Morgan fingerprint density at radius 1 is 1.25 bits per heavy atom. The summed E-state index contributed by atoms with van der Waals surface area (Å²) in [6, 6.07) is 0. The van der Waals surface area contributed by atoms with E-state index >= 15 is 0 Å². The second kappa shape index (κ2) is 5.57. The number of hydrogen-bond donors (Lipinski definition) is 0. The average molecular weight is 336 g/mol. The molecule has 3 rings (SSSR count). The van der Waals surface area contributed by atoms with Gasteiger partial charge in [0, 0.05) is 12.3 Å². The van der Waals surface area contributed by atoms with E-state index in [1.165, 1.54) is 18.9 Å². The lowest BCUT2D eigenvalue weighted by atomic mass is 9.63. The summed E-state index contributed by atoms with van der Waals surface area (Å²) in [6.45, 7) is 12.6. The van der Waals surface area contributed by atoms with Crippen molar-refractivity contribution in [2.45, 2.75) is 90.6 Å². The lowest BCUT2D eigenvalue weighted by Crippen LogP contribution is -2.47. The molecule has 2 spiro atoms. The SMILES string of the molecule is CC(=O)OCC1=CCC[C@H](C)[C@@]12CC[C@@]1(C2)OC(C)(C)OC1(C)C. The summed E-state index contributed by atoms with van der Waals surface area (Å²) in [5, 5.41) is 0. The largest absolute Gasteiger partial charge is 0.461 e. The summed E-state index contributed by atoms with van der Waals surface area (Å²) in [5.74, 6) is -0.193. The summed E-state index contributed by atoms with van der Waals surface area (Å²) in [7, 11) is 0. The van der Waals surface area contributed by atoms with E-state index < -0.39 is 5.79 Å². The van der Waals surface area contributed by atoms with Gasteiger partial charge in [-0.1, -0.05) is 13.0 Å². The molecule has 24 heavy (non-hydrogen) atoms. The standard InChI is InChI=1S/C20H32O4/c1-14-8-7-9-16(12-22-15(2)21)19(14)10-11-20(13-19)17(3,4)23-18(5,6)24-20/h9,14H,7-8,10-13H2,1-6H3/t14-,19-,20-/m0/s1. The van der Waals surface area contributed by atoms with Crippen LogP contribution in [0.5, 0.6) is 0 Å². The van der Waals surface area contributed by atoms with E-state index in [0.29, 0.717) is 12.5 Å². The molecule has 4 heteroatoms. The minimum Gasteiger partial charge on any atom is -0.461 e. The Hall–Kier alpha value is -0.870. The first-order valence-electron chi connectivity index (χ1n) is 9.25. The fourth-order valence-electron chi connectivity index (χ4n) is 5.41. The van der Waals surface area contributed by atoms with Crippen molar-refractivity contribution >= 4 is 5.97 Å². The van der Waals surface area contributed by atoms with Crippen molar-refractivity contribution in [3.8, 4) is 0 Å². The van der Waals surface area contributed by atoms with Gasteiger partial charge in [0.15, 0.2) is 5.79 Å². The van der Waals surface area contributed by atoms with Crippen LogP contribution in [-0.2, 0) is 19.0 Å². The highest BCUT2D eigenvalue weighted by Crippen LogP contribution is 2.63. The predicted octanol–water partition coefficient (Wildman–Crippen LogP) is 4.38. The summed E-state index contributed by atoms with van der Waals surface area (Å²) in [5.41, 5.74) is 0.771. The van der Waals surface area contributed by atoms with Crippen LogP contribution in [0.3, 0.4) is 0 Å². The van der Waals surface area contributed by atoms with Crippen LogP contribution in [0.1, 0.15) is 73.6 Å². The molecule has 1 aliphatic heterocycles. The molecule has 0 bridgehead atoms. The molecule has 0 N–H and O–H groups in total. The topological polar surface area (TPSA) is 44.8 Å². The van der Waals surface area contributed by atoms with Gasteiger partial charge in [-0.25, -0.2) is 0 Å². The van der Waals surface area contributed by atoms with Gasteiger partial charge in [-0.15, -0.1) is 0 Å². The molecular weight excluding hydrogens is 304 g/mol. The molecule has 3 aliphatic rings.